The third-order valence-corrected chi connectivity index (χ3v) is 4.13. The maximum absolute atomic E-state index is 12.7. The second kappa shape index (κ2) is 5.58. The highest BCUT2D eigenvalue weighted by molar-refractivity contribution is 6.35. The number of rotatable bonds is 2. The van der Waals surface area contributed by atoms with E-state index in [1.54, 1.807) is 36.4 Å². The highest BCUT2D eigenvalue weighted by atomic mass is 35.5. The minimum Gasteiger partial charge on any atom is -0.268 e. The minimum absolute atomic E-state index is 0.300. The molecule has 0 fully saturated rings. The van der Waals surface area contributed by atoms with Gasteiger partial charge in [-0.3, -0.25) is 9.59 Å². The number of aromatic nitrogens is 1. The van der Waals surface area contributed by atoms with Crippen molar-refractivity contribution in [2.24, 2.45) is 0 Å². The van der Waals surface area contributed by atoms with Crippen LogP contribution in [0.2, 0.25) is 5.15 Å². The van der Waals surface area contributed by atoms with Gasteiger partial charge in [0.25, 0.3) is 11.8 Å². The van der Waals surface area contributed by atoms with Crippen molar-refractivity contribution in [3.8, 4) is 11.3 Å². The lowest BCUT2D eigenvalue weighted by Gasteiger charge is -2.17. The van der Waals surface area contributed by atoms with Gasteiger partial charge in [-0.1, -0.05) is 54.1 Å². The van der Waals surface area contributed by atoms with Crippen molar-refractivity contribution < 1.29 is 9.59 Å². The Morgan fingerprint density at radius 3 is 1.96 bits per heavy atom. The molecule has 4 rings (SSSR count). The van der Waals surface area contributed by atoms with E-state index in [9.17, 15) is 9.59 Å². The first kappa shape index (κ1) is 14.6. The van der Waals surface area contributed by atoms with Crippen LogP contribution in [0.3, 0.4) is 0 Å². The lowest BCUT2D eigenvalue weighted by atomic mass is 10.1. The van der Waals surface area contributed by atoms with E-state index in [1.807, 2.05) is 30.3 Å². The molecule has 1 aliphatic heterocycles. The second-order valence-corrected chi connectivity index (χ2v) is 5.75. The number of hydrogen-bond donors (Lipinski definition) is 0. The molecule has 24 heavy (non-hydrogen) atoms. The first-order chi connectivity index (χ1) is 11.7. The Morgan fingerprint density at radius 2 is 1.33 bits per heavy atom. The van der Waals surface area contributed by atoms with Gasteiger partial charge < -0.3 is 0 Å². The van der Waals surface area contributed by atoms with Gasteiger partial charge in [-0.2, -0.15) is 0 Å². The summed E-state index contributed by atoms with van der Waals surface area (Å²) in [6.45, 7) is 0. The number of nitrogens with zero attached hydrogens (tertiary/aromatic N) is 2. The number of benzene rings is 2. The second-order valence-electron chi connectivity index (χ2n) is 5.36. The van der Waals surface area contributed by atoms with E-state index in [-0.39, 0.29) is 11.8 Å². The van der Waals surface area contributed by atoms with Gasteiger partial charge in [0.1, 0.15) is 5.15 Å². The van der Waals surface area contributed by atoms with Gasteiger partial charge in [-0.25, -0.2) is 9.88 Å². The van der Waals surface area contributed by atoms with Crippen LogP contribution < -0.4 is 4.90 Å². The van der Waals surface area contributed by atoms with Crippen molar-refractivity contribution in [2.45, 2.75) is 0 Å². The Morgan fingerprint density at radius 1 is 0.750 bits per heavy atom. The van der Waals surface area contributed by atoms with Crippen molar-refractivity contribution in [1.29, 1.82) is 0 Å². The molecule has 0 spiro atoms. The fraction of sp³-hybridized carbons (Fsp3) is 0. The maximum Gasteiger partial charge on any atom is 0.266 e. The lowest BCUT2D eigenvalue weighted by molar-refractivity contribution is 0.0926. The topological polar surface area (TPSA) is 50.3 Å². The lowest BCUT2D eigenvalue weighted by Crippen LogP contribution is -2.30. The quantitative estimate of drug-likeness (QED) is 0.521. The van der Waals surface area contributed by atoms with Crippen LogP contribution >= 0.6 is 11.6 Å². The van der Waals surface area contributed by atoms with Crippen LogP contribution in [0.1, 0.15) is 20.7 Å². The Labute approximate surface area is 143 Å². The third kappa shape index (κ3) is 2.20. The van der Waals surface area contributed by atoms with Gasteiger partial charge in [-0.05, 0) is 24.3 Å². The van der Waals surface area contributed by atoms with E-state index in [2.05, 4.69) is 4.98 Å². The normalized spacial score (nSPS) is 13.3. The zero-order valence-electron chi connectivity index (χ0n) is 12.4. The molecule has 1 aliphatic rings. The molecule has 0 saturated heterocycles. The van der Waals surface area contributed by atoms with Gasteiger partial charge in [0, 0.05) is 5.56 Å². The molecule has 3 aromatic rings. The summed E-state index contributed by atoms with van der Waals surface area (Å²) in [5, 5.41) is 0.300. The van der Waals surface area contributed by atoms with E-state index >= 15 is 0 Å². The number of pyridine rings is 1. The highest BCUT2D eigenvalue weighted by Gasteiger charge is 2.37. The molecule has 2 aromatic carbocycles. The number of carbonyl (C=O) groups is 2. The van der Waals surface area contributed by atoms with Gasteiger partial charge in [-0.15, -0.1) is 0 Å². The summed E-state index contributed by atoms with van der Waals surface area (Å²) in [5.74, 6) is -0.700. The monoisotopic (exact) mass is 334 g/mol. The number of hydrogen-bond acceptors (Lipinski definition) is 3. The Hall–Kier alpha value is -2.98. The predicted molar refractivity (Wildman–Crippen MR) is 92.3 cm³/mol. The van der Waals surface area contributed by atoms with Crippen molar-refractivity contribution in [3.63, 3.8) is 0 Å². The van der Waals surface area contributed by atoms with Crippen LogP contribution in [0.25, 0.3) is 11.3 Å². The smallest absolute Gasteiger partial charge is 0.266 e. The molecule has 116 valence electrons. The molecular weight excluding hydrogens is 324 g/mol. The third-order valence-electron chi connectivity index (χ3n) is 3.92. The molecule has 4 nitrogen and oxygen atoms in total. The molecule has 0 aliphatic carbocycles. The molecule has 0 atom stereocenters. The van der Waals surface area contributed by atoms with Gasteiger partial charge in [0.05, 0.1) is 22.5 Å². The summed E-state index contributed by atoms with van der Waals surface area (Å²) in [5.41, 5.74) is 2.51. The summed E-state index contributed by atoms with van der Waals surface area (Å²) in [7, 11) is 0. The summed E-state index contributed by atoms with van der Waals surface area (Å²) >= 11 is 6.04. The van der Waals surface area contributed by atoms with Crippen molar-refractivity contribution in [2.75, 3.05) is 4.90 Å². The molecule has 0 saturated carbocycles. The number of imide groups is 1. The number of halogens is 1. The standard InChI is InChI=1S/C19H11ClN2O2/c20-16-11-10-15(17(21-16)12-6-2-1-3-7-12)22-18(23)13-8-4-5-9-14(13)19(22)24/h1-11H. The number of amides is 2. The first-order valence-corrected chi connectivity index (χ1v) is 7.74. The largest absolute Gasteiger partial charge is 0.268 e. The summed E-state index contributed by atoms with van der Waals surface area (Å²) in [6, 6.07) is 19.4. The maximum atomic E-state index is 12.7. The number of fused-ring (bicyclic) bond motifs is 1. The first-order valence-electron chi connectivity index (χ1n) is 7.36. The predicted octanol–water partition coefficient (Wildman–Crippen LogP) is 4.20. The van der Waals surface area contributed by atoms with E-state index in [4.69, 9.17) is 11.6 Å². The van der Waals surface area contributed by atoms with Gasteiger partial charge in [0.15, 0.2) is 0 Å². The SMILES string of the molecule is O=C1c2ccccc2C(=O)N1c1ccc(Cl)nc1-c1ccccc1. The Bertz CT molecular complexity index is 935. The van der Waals surface area contributed by atoms with Gasteiger partial charge in [0.2, 0.25) is 0 Å². The van der Waals surface area contributed by atoms with Crippen LogP contribution in [0, 0.1) is 0 Å². The zero-order valence-corrected chi connectivity index (χ0v) is 13.2. The van der Waals surface area contributed by atoms with E-state index < -0.39 is 0 Å². The molecule has 0 bridgehead atoms. The number of carbonyl (C=O) groups excluding carboxylic acids is 2. The molecule has 1 aromatic heterocycles. The van der Waals surface area contributed by atoms with E-state index in [1.165, 1.54) is 0 Å². The number of anilines is 1. The average Bonchev–Trinajstić information content (AvgIpc) is 2.87. The molecule has 2 heterocycles. The highest BCUT2D eigenvalue weighted by Crippen LogP contribution is 2.35. The molecule has 5 heteroatoms. The molecule has 0 N–H and O–H groups in total. The van der Waals surface area contributed by atoms with Crippen LogP contribution in [0.15, 0.2) is 66.7 Å². The van der Waals surface area contributed by atoms with Crippen molar-refractivity contribution in [3.05, 3.63) is 83.0 Å². The van der Waals surface area contributed by atoms with Crippen LogP contribution in [0.5, 0.6) is 0 Å². The fourth-order valence-corrected chi connectivity index (χ4v) is 2.97. The molecule has 0 unspecified atom stereocenters. The molecule has 2 amide bonds. The molecular formula is C19H11ClN2O2. The van der Waals surface area contributed by atoms with Crippen molar-refractivity contribution >= 4 is 29.1 Å². The summed E-state index contributed by atoms with van der Waals surface area (Å²) < 4.78 is 0. The van der Waals surface area contributed by atoms with Crippen molar-refractivity contribution in [1.82, 2.24) is 4.98 Å². The van der Waals surface area contributed by atoms with E-state index in [0.29, 0.717) is 27.7 Å². The fourth-order valence-electron chi connectivity index (χ4n) is 2.82. The zero-order chi connectivity index (χ0) is 16.7. The van der Waals surface area contributed by atoms with Crippen LogP contribution in [-0.2, 0) is 0 Å². The van der Waals surface area contributed by atoms with Crippen LogP contribution in [0.4, 0.5) is 5.69 Å². The minimum atomic E-state index is -0.350. The van der Waals surface area contributed by atoms with E-state index in [0.717, 1.165) is 10.5 Å². The van der Waals surface area contributed by atoms with Crippen LogP contribution in [-0.4, -0.2) is 16.8 Å². The summed E-state index contributed by atoms with van der Waals surface area (Å²) in [6.07, 6.45) is 0. The molecule has 0 radical (unpaired) electrons. The summed E-state index contributed by atoms with van der Waals surface area (Å²) in [4.78, 5) is 30.9. The Kier molecular flexibility index (Phi) is 3.40. The Balaban J connectivity index is 1.90. The average molecular weight is 335 g/mol. The van der Waals surface area contributed by atoms with Gasteiger partial charge >= 0.3 is 0 Å².